The maximum Gasteiger partial charge on any atom is 0.0927 e. The Morgan fingerprint density at radius 2 is 1.94 bits per heavy atom. The lowest BCUT2D eigenvalue weighted by molar-refractivity contribution is 0.794. The molecule has 90 valence electrons. The first-order valence-electron chi connectivity index (χ1n) is 6.07. The van der Waals surface area contributed by atoms with E-state index in [0.717, 1.165) is 0 Å². The van der Waals surface area contributed by atoms with Crippen molar-refractivity contribution >= 4 is 22.9 Å². The molecule has 0 saturated carbocycles. The molecule has 0 aliphatic carbocycles. The summed E-state index contributed by atoms with van der Waals surface area (Å²) in [5.74, 6) is 0. The Morgan fingerprint density at radius 3 is 2.53 bits per heavy atom. The van der Waals surface area contributed by atoms with Gasteiger partial charge in [-0.05, 0) is 35.4 Å². The van der Waals surface area contributed by atoms with Crippen molar-refractivity contribution in [2.24, 2.45) is 0 Å². The maximum absolute atomic E-state index is 6.44. The van der Waals surface area contributed by atoms with Gasteiger partial charge >= 0.3 is 0 Å². The molecule has 0 radical (unpaired) electrons. The van der Waals surface area contributed by atoms with E-state index >= 15 is 0 Å². The molecule has 0 aliphatic rings. The van der Waals surface area contributed by atoms with Gasteiger partial charge in [0.1, 0.15) is 0 Å². The van der Waals surface area contributed by atoms with Crippen LogP contribution in [0.1, 0.15) is 41.1 Å². The molecule has 17 heavy (non-hydrogen) atoms. The van der Waals surface area contributed by atoms with E-state index in [-0.39, 0.29) is 5.38 Å². The van der Waals surface area contributed by atoms with Gasteiger partial charge in [0.25, 0.3) is 0 Å². The molecule has 1 aromatic carbocycles. The molecular weight excluding hydrogens is 248 g/mol. The van der Waals surface area contributed by atoms with E-state index < -0.39 is 0 Å². The minimum Gasteiger partial charge on any atom is -0.147 e. The van der Waals surface area contributed by atoms with E-state index in [1.165, 1.54) is 35.3 Å². The Hall–Kier alpha value is -0.790. The molecular formula is C15H17ClS. The number of thiophene rings is 1. The number of unbranched alkanes of at least 4 members (excludes halogenated alkanes) is 1. The third-order valence-electron chi connectivity index (χ3n) is 2.88. The van der Waals surface area contributed by atoms with Crippen molar-refractivity contribution in [3.63, 3.8) is 0 Å². The zero-order chi connectivity index (χ0) is 12.1. The van der Waals surface area contributed by atoms with Crippen LogP contribution in [0.5, 0.6) is 0 Å². The van der Waals surface area contributed by atoms with Gasteiger partial charge in [0.2, 0.25) is 0 Å². The fourth-order valence-corrected chi connectivity index (χ4v) is 2.93. The van der Waals surface area contributed by atoms with Crippen molar-refractivity contribution in [1.29, 1.82) is 0 Å². The Labute approximate surface area is 112 Å². The van der Waals surface area contributed by atoms with E-state index in [2.05, 4.69) is 42.6 Å². The molecule has 2 rings (SSSR count). The van der Waals surface area contributed by atoms with Gasteiger partial charge in [-0.2, -0.15) is 0 Å². The number of halogens is 1. The molecule has 0 bridgehead atoms. The molecule has 2 heteroatoms. The van der Waals surface area contributed by atoms with Crippen LogP contribution in [0.15, 0.2) is 41.8 Å². The number of hydrogen-bond acceptors (Lipinski definition) is 1. The summed E-state index contributed by atoms with van der Waals surface area (Å²) in [4.78, 5) is 1.22. The second-order valence-electron chi connectivity index (χ2n) is 4.22. The predicted octanol–water partition coefficient (Wildman–Crippen LogP) is 5.42. The third-order valence-corrected chi connectivity index (χ3v) is 4.44. The zero-order valence-corrected chi connectivity index (χ0v) is 11.6. The molecule has 2 aromatic rings. The molecule has 0 spiro atoms. The highest BCUT2D eigenvalue weighted by Gasteiger charge is 2.11. The van der Waals surface area contributed by atoms with Gasteiger partial charge in [0.15, 0.2) is 0 Å². The largest absolute Gasteiger partial charge is 0.147 e. The molecule has 1 unspecified atom stereocenters. The molecule has 1 atom stereocenters. The van der Waals surface area contributed by atoms with Crippen LogP contribution in [0.25, 0.3) is 0 Å². The van der Waals surface area contributed by atoms with Gasteiger partial charge in [-0.3, -0.25) is 0 Å². The first kappa shape index (κ1) is 12.7. The van der Waals surface area contributed by atoms with Crippen molar-refractivity contribution in [1.82, 2.24) is 0 Å². The Kier molecular flexibility index (Phi) is 4.64. The lowest BCUT2D eigenvalue weighted by Crippen LogP contribution is -1.91. The molecule has 0 nitrogen and oxygen atoms in total. The molecule has 0 fully saturated rings. The maximum atomic E-state index is 6.44. The fraction of sp³-hybridized carbons (Fsp3) is 0.333. The number of aryl methyl sites for hydroxylation is 1. The summed E-state index contributed by atoms with van der Waals surface area (Å²) < 4.78 is 0. The zero-order valence-electron chi connectivity index (χ0n) is 10.0. The number of benzene rings is 1. The summed E-state index contributed by atoms with van der Waals surface area (Å²) in [5.41, 5.74) is 2.60. The molecule has 0 N–H and O–H groups in total. The van der Waals surface area contributed by atoms with E-state index in [9.17, 15) is 0 Å². The number of rotatable bonds is 5. The average molecular weight is 265 g/mol. The SMILES string of the molecule is CCCCc1ccc(C(Cl)c2cccs2)cc1. The van der Waals surface area contributed by atoms with Crippen LogP contribution >= 0.6 is 22.9 Å². The standard InChI is InChI=1S/C15H17ClS/c1-2-3-5-12-7-9-13(10-8-12)15(16)14-6-4-11-17-14/h4,6-11,15H,2-3,5H2,1H3. The van der Waals surface area contributed by atoms with Gasteiger partial charge in [-0.25, -0.2) is 0 Å². The molecule has 1 aromatic heterocycles. The van der Waals surface area contributed by atoms with Gasteiger partial charge in [0.05, 0.1) is 5.38 Å². The fourth-order valence-electron chi connectivity index (χ4n) is 1.83. The minimum absolute atomic E-state index is 0.00442. The van der Waals surface area contributed by atoms with E-state index in [1.54, 1.807) is 11.3 Å². The topological polar surface area (TPSA) is 0 Å². The van der Waals surface area contributed by atoms with Gasteiger partial charge < -0.3 is 0 Å². The smallest absolute Gasteiger partial charge is 0.0927 e. The number of alkyl halides is 1. The van der Waals surface area contributed by atoms with Crippen LogP contribution in [-0.4, -0.2) is 0 Å². The molecule has 0 amide bonds. The van der Waals surface area contributed by atoms with Crippen LogP contribution in [0.3, 0.4) is 0 Å². The highest BCUT2D eigenvalue weighted by Crippen LogP contribution is 2.31. The summed E-state index contributed by atoms with van der Waals surface area (Å²) in [5, 5.41) is 2.07. The van der Waals surface area contributed by atoms with Crippen LogP contribution in [-0.2, 0) is 6.42 Å². The van der Waals surface area contributed by atoms with Crippen molar-refractivity contribution < 1.29 is 0 Å². The van der Waals surface area contributed by atoms with E-state index in [4.69, 9.17) is 11.6 Å². The third kappa shape index (κ3) is 3.34. The van der Waals surface area contributed by atoms with Crippen molar-refractivity contribution in [2.45, 2.75) is 31.6 Å². The first-order valence-corrected chi connectivity index (χ1v) is 7.39. The second kappa shape index (κ2) is 6.23. The summed E-state index contributed by atoms with van der Waals surface area (Å²) >= 11 is 8.15. The normalized spacial score (nSPS) is 12.6. The minimum atomic E-state index is -0.00442. The summed E-state index contributed by atoms with van der Waals surface area (Å²) in [6.07, 6.45) is 3.67. The molecule has 0 aliphatic heterocycles. The van der Waals surface area contributed by atoms with Crippen LogP contribution < -0.4 is 0 Å². The monoisotopic (exact) mass is 264 g/mol. The second-order valence-corrected chi connectivity index (χ2v) is 5.64. The first-order chi connectivity index (χ1) is 8.31. The van der Waals surface area contributed by atoms with Gasteiger partial charge in [-0.15, -0.1) is 22.9 Å². The van der Waals surface area contributed by atoms with Crippen molar-refractivity contribution in [2.75, 3.05) is 0 Å². The lowest BCUT2D eigenvalue weighted by Gasteiger charge is -2.08. The van der Waals surface area contributed by atoms with E-state index in [0.29, 0.717) is 0 Å². The van der Waals surface area contributed by atoms with Gasteiger partial charge in [0, 0.05) is 4.88 Å². The Morgan fingerprint density at radius 1 is 1.18 bits per heavy atom. The summed E-state index contributed by atoms with van der Waals surface area (Å²) in [6.45, 7) is 2.22. The highest BCUT2D eigenvalue weighted by molar-refractivity contribution is 7.10. The molecule has 0 saturated heterocycles. The quantitative estimate of drug-likeness (QED) is 0.633. The predicted molar refractivity (Wildman–Crippen MR) is 77.1 cm³/mol. The van der Waals surface area contributed by atoms with Crippen LogP contribution in [0.4, 0.5) is 0 Å². The number of hydrogen-bond donors (Lipinski definition) is 0. The van der Waals surface area contributed by atoms with Crippen molar-refractivity contribution in [3.05, 3.63) is 57.8 Å². The average Bonchev–Trinajstić information content (AvgIpc) is 2.90. The van der Waals surface area contributed by atoms with E-state index in [1.807, 2.05) is 6.07 Å². The Bertz CT molecular complexity index is 430. The summed E-state index contributed by atoms with van der Waals surface area (Å²) in [7, 11) is 0. The highest BCUT2D eigenvalue weighted by atomic mass is 35.5. The van der Waals surface area contributed by atoms with Crippen LogP contribution in [0, 0.1) is 0 Å². The van der Waals surface area contributed by atoms with Crippen LogP contribution in [0.2, 0.25) is 0 Å². The van der Waals surface area contributed by atoms with Crippen molar-refractivity contribution in [3.8, 4) is 0 Å². The lowest BCUT2D eigenvalue weighted by atomic mass is 10.0. The summed E-state index contributed by atoms with van der Waals surface area (Å²) in [6, 6.07) is 12.9. The molecule has 1 heterocycles. The van der Waals surface area contributed by atoms with Gasteiger partial charge in [-0.1, -0.05) is 43.7 Å². The Balaban J connectivity index is 2.07.